The Morgan fingerprint density at radius 3 is 2.26 bits per heavy atom. The summed E-state index contributed by atoms with van der Waals surface area (Å²) in [6.07, 6.45) is 1.41. The predicted molar refractivity (Wildman–Crippen MR) is 88.4 cm³/mol. The number of rotatable bonds is 4. The average Bonchev–Trinajstić information content (AvgIpc) is 3.46. The second kappa shape index (κ2) is 7.29. The number of pyridine rings is 1. The van der Waals surface area contributed by atoms with Gasteiger partial charge >= 0.3 is 18.0 Å². The van der Waals surface area contributed by atoms with Crippen molar-refractivity contribution in [2.45, 2.75) is 37.9 Å². The van der Waals surface area contributed by atoms with Crippen molar-refractivity contribution in [2.75, 3.05) is 5.32 Å². The van der Waals surface area contributed by atoms with E-state index in [0.717, 1.165) is 25.1 Å². The van der Waals surface area contributed by atoms with Crippen LogP contribution in [0, 0.1) is 0 Å². The summed E-state index contributed by atoms with van der Waals surface area (Å²) < 4.78 is 37.6. The molecule has 0 saturated heterocycles. The van der Waals surface area contributed by atoms with Gasteiger partial charge in [0.05, 0.1) is 24.1 Å². The van der Waals surface area contributed by atoms with E-state index in [4.69, 9.17) is 0 Å². The van der Waals surface area contributed by atoms with Crippen LogP contribution in [0.4, 0.5) is 18.9 Å². The molecule has 7 nitrogen and oxygen atoms in total. The van der Waals surface area contributed by atoms with E-state index in [1.54, 1.807) is 0 Å². The van der Waals surface area contributed by atoms with E-state index in [9.17, 15) is 22.8 Å². The van der Waals surface area contributed by atoms with Gasteiger partial charge in [0.2, 0.25) is 0 Å². The maximum absolute atomic E-state index is 12.5. The lowest BCUT2D eigenvalue weighted by Gasteiger charge is -2.14. The smallest absolute Gasteiger partial charge is 0.341 e. The molecule has 2 amide bonds. The lowest BCUT2D eigenvalue weighted by Crippen LogP contribution is -2.37. The summed E-state index contributed by atoms with van der Waals surface area (Å²) >= 11 is 0. The van der Waals surface area contributed by atoms with Crippen molar-refractivity contribution >= 4 is 17.5 Å². The van der Waals surface area contributed by atoms with E-state index in [1.165, 1.54) is 25.4 Å². The molecule has 2 N–H and O–H groups in total. The summed E-state index contributed by atoms with van der Waals surface area (Å²) in [5, 5.41) is 4.77. The second-order valence-electron chi connectivity index (χ2n) is 6.23. The molecular weight excluding hydrogens is 363 g/mol. The molecule has 1 fully saturated rings. The van der Waals surface area contributed by atoms with E-state index in [0.29, 0.717) is 17.3 Å². The number of alkyl halides is 3. The summed E-state index contributed by atoms with van der Waals surface area (Å²) in [5.74, 6) is -0.782. The van der Waals surface area contributed by atoms with Gasteiger partial charge in [0.15, 0.2) is 0 Å². The van der Waals surface area contributed by atoms with E-state index >= 15 is 0 Å². The van der Waals surface area contributed by atoms with Crippen molar-refractivity contribution in [3.8, 4) is 0 Å². The molecule has 0 unspecified atom stereocenters. The number of carbonyl (C=O) groups excluding carboxylic acids is 2. The fourth-order valence-electron chi connectivity index (χ4n) is 2.32. The van der Waals surface area contributed by atoms with Crippen LogP contribution in [-0.2, 0) is 15.8 Å². The average molecular weight is 379 g/mol. The second-order valence-corrected chi connectivity index (χ2v) is 6.23. The van der Waals surface area contributed by atoms with Crippen LogP contribution >= 0.6 is 0 Å². The number of carbonyl (C=O) groups is 2. The number of halogens is 3. The van der Waals surface area contributed by atoms with Crippen molar-refractivity contribution in [1.82, 2.24) is 20.3 Å². The molecule has 2 heterocycles. The summed E-state index contributed by atoms with van der Waals surface area (Å²) in [5.41, 5.74) is -0.415. The highest BCUT2D eigenvalue weighted by Gasteiger charge is 2.32. The molecule has 0 spiro atoms. The maximum atomic E-state index is 12.5. The van der Waals surface area contributed by atoms with Gasteiger partial charge in [-0.25, -0.2) is 9.97 Å². The molecule has 2 aromatic heterocycles. The summed E-state index contributed by atoms with van der Waals surface area (Å²) in [6, 6.07) is 1.31. The molecule has 0 bridgehead atoms. The van der Waals surface area contributed by atoms with Gasteiger partial charge < -0.3 is 10.6 Å². The molecule has 10 heteroatoms. The van der Waals surface area contributed by atoms with Gasteiger partial charge in [-0.05, 0) is 31.4 Å². The van der Waals surface area contributed by atoms with Gasteiger partial charge in [0.25, 0.3) is 0 Å². The molecule has 2 aromatic rings. The zero-order valence-electron chi connectivity index (χ0n) is 14.2. The predicted octanol–water partition coefficient (Wildman–Crippen LogP) is 2.58. The number of anilines is 1. The molecule has 27 heavy (non-hydrogen) atoms. The monoisotopic (exact) mass is 379 g/mol. The van der Waals surface area contributed by atoms with E-state index in [-0.39, 0.29) is 5.69 Å². The van der Waals surface area contributed by atoms with E-state index in [2.05, 4.69) is 25.6 Å². The van der Waals surface area contributed by atoms with Crippen LogP contribution in [0.5, 0.6) is 0 Å². The minimum atomic E-state index is -4.54. The molecule has 0 radical (unpaired) electrons. The minimum Gasteiger partial charge on any atom is -0.341 e. The molecule has 1 aliphatic carbocycles. The first kappa shape index (κ1) is 18.7. The van der Waals surface area contributed by atoms with Crippen LogP contribution in [0.15, 0.2) is 30.7 Å². The van der Waals surface area contributed by atoms with E-state index < -0.39 is 29.7 Å². The number of nitrogens with one attached hydrogen (secondary N) is 2. The number of hydrogen-bond acceptors (Lipinski definition) is 5. The maximum Gasteiger partial charge on any atom is 0.433 e. The fraction of sp³-hybridized carbons (Fsp3) is 0.353. The molecule has 0 aromatic carbocycles. The van der Waals surface area contributed by atoms with Crippen LogP contribution in [0.1, 0.15) is 48.8 Å². The number of hydrogen-bond donors (Lipinski definition) is 2. The Balaban J connectivity index is 1.56. The van der Waals surface area contributed by atoms with Crippen LogP contribution in [0.3, 0.4) is 0 Å². The Hall–Kier alpha value is -3.04. The normalized spacial score (nSPS) is 15.1. The van der Waals surface area contributed by atoms with Crippen LogP contribution in [-0.4, -0.2) is 26.8 Å². The third-order valence-corrected chi connectivity index (χ3v) is 4.00. The third kappa shape index (κ3) is 4.78. The molecule has 1 aliphatic rings. The Kier molecular flexibility index (Phi) is 5.06. The van der Waals surface area contributed by atoms with Crippen molar-refractivity contribution in [3.05, 3.63) is 47.8 Å². The Morgan fingerprint density at radius 2 is 1.74 bits per heavy atom. The topological polar surface area (TPSA) is 96.9 Å². The van der Waals surface area contributed by atoms with Crippen molar-refractivity contribution < 1.29 is 22.8 Å². The number of nitrogens with zero attached hydrogens (tertiary/aromatic N) is 3. The number of aromatic nitrogens is 3. The van der Waals surface area contributed by atoms with Gasteiger partial charge in [-0.3, -0.25) is 14.6 Å². The van der Waals surface area contributed by atoms with Gasteiger partial charge in [-0.15, -0.1) is 0 Å². The minimum absolute atomic E-state index is 0.281. The zero-order valence-corrected chi connectivity index (χ0v) is 14.2. The lowest BCUT2D eigenvalue weighted by atomic mass is 10.1. The molecule has 1 saturated carbocycles. The zero-order chi connectivity index (χ0) is 19.6. The number of amides is 2. The molecular formula is C17H16F3N5O2. The van der Waals surface area contributed by atoms with Gasteiger partial charge in [0, 0.05) is 12.1 Å². The van der Waals surface area contributed by atoms with Crippen molar-refractivity contribution in [3.63, 3.8) is 0 Å². The lowest BCUT2D eigenvalue weighted by molar-refractivity contribution is -0.141. The Labute approximate surface area is 152 Å². The Morgan fingerprint density at radius 1 is 1.07 bits per heavy atom. The van der Waals surface area contributed by atoms with Gasteiger partial charge in [0.1, 0.15) is 11.5 Å². The molecule has 1 atom stereocenters. The molecule has 3 rings (SSSR count). The highest BCUT2D eigenvalue weighted by molar-refractivity contribution is 6.39. The summed E-state index contributed by atoms with van der Waals surface area (Å²) in [7, 11) is 0. The van der Waals surface area contributed by atoms with Crippen LogP contribution in [0.25, 0.3) is 0 Å². The van der Waals surface area contributed by atoms with Crippen LogP contribution < -0.4 is 10.6 Å². The molecule has 0 aliphatic heterocycles. The van der Waals surface area contributed by atoms with Gasteiger partial charge in [-0.1, -0.05) is 6.07 Å². The highest BCUT2D eigenvalue weighted by Crippen LogP contribution is 2.37. The molecule has 142 valence electrons. The first-order chi connectivity index (χ1) is 12.7. The first-order valence-electron chi connectivity index (χ1n) is 8.21. The summed E-state index contributed by atoms with van der Waals surface area (Å²) in [4.78, 5) is 35.5. The quantitative estimate of drug-likeness (QED) is 0.796. The Bertz CT molecular complexity index is 833. The summed E-state index contributed by atoms with van der Waals surface area (Å²) in [6.45, 7) is 1.53. The largest absolute Gasteiger partial charge is 0.433 e. The SMILES string of the molecule is C[C@@H](NC(=O)C(=O)Nc1cnc(C2CC2)nc1)c1ccc(C(F)(F)F)nc1. The van der Waals surface area contributed by atoms with Crippen molar-refractivity contribution in [1.29, 1.82) is 0 Å². The van der Waals surface area contributed by atoms with Gasteiger partial charge in [-0.2, -0.15) is 13.2 Å². The standard InChI is InChI=1S/C17H16F3N5O2/c1-9(11-4-5-13(21-6-11)17(18,19)20)24-15(26)16(27)25-12-7-22-14(23-8-12)10-2-3-10/h4-10H,2-3H2,1H3,(H,24,26)(H,25,27)/t9-/m1/s1. The van der Waals surface area contributed by atoms with Crippen molar-refractivity contribution in [2.24, 2.45) is 0 Å². The third-order valence-electron chi connectivity index (χ3n) is 4.00. The van der Waals surface area contributed by atoms with Crippen LogP contribution in [0.2, 0.25) is 0 Å². The van der Waals surface area contributed by atoms with E-state index in [1.807, 2.05) is 0 Å². The first-order valence-corrected chi connectivity index (χ1v) is 8.21. The fourth-order valence-corrected chi connectivity index (χ4v) is 2.32. The highest BCUT2D eigenvalue weighted by atomic mass is 19.4.